The van der Waals surface area contributed by atoms with Crippen LogP contribution in [0.5, 0.6) is 0 Å². The summed E-state index contributed by atoms with van der Waals surface area (Å²) in [5.74, 6) is 3.24. The Hall–Kier alpha value is -1.28. The largest absolute Gasteiger partial charge is 0.376 e. The first kappa shape index (κ1) is 15.1. The van der Waals surface area contributed by atoms with Crippen LogP contribution in [0.4, 0.5) is 5.69 Å². The van der Waals surface area contributed by atoms with E-state index in [1.807, 2.05) is 0 Å². The molecule has 1 saturated carbocycles. The molecule has 1 aliphatic rings. The van der Waals surface area contributed by atoms with E-state index in [1.54, 1.807) is 10.9 Å². The van der Waals surface area contributed by atoms with Gasteiger partial charge >= 0.3 is 0 Å². The second-order valence-corrected chi connectivity index (χ2v) is 6.16. The molecule has 108 valence electrons. The van der Waals surface area contributed by atoms with Crippen molar-refractivity contribution in [1.29, 1.82) is 0 Å². The molecule has 1 unspecified atom stereocenters. The molecule has 1 aromatic heterocycles. The van der Waals surface area contributed by atoms with Crippen molar-refractivity contribution in [2.75, 3.05) is 5.32 Å². The van der Waals surface area contributed by atoms with Gasteiger partial charge < -0.3 is 5.32 Å². The van der Waals surface area contributed by atoms with E-state index in [9.17, 15) is 4.79 Å². The van der Waals surface area contributed by atoms with E-state index in [0.717, 1.165) is 6.42 Å². The van der Waals surface area contributed by atoms with Crippen LogP contribution in [0.15, 0.2) is 15.5 Å². The number of anilines is 1. The molecule has 1 fully saturated rings. The average Bonchev–Trinajstić information content (AvgIpc) is 2.39. The zero-order valence-electron chi connectivity index (χ0n) is 11.7. The number of rotatable bonds is 6. The lowest BCUT2D eigenvalue weighted by atomic mass is 9.85. The van der Waals surface area contributed by atoms with E-state index < -0.39 is 0 Å². The molecule has 5 heteroatoms. The van der Waals surface area contributed by atoms with Crippen molar-refractivity contribution >= 4 is 21.6 Å². The zero-order chi connectivity index (χ0) is 14.5. The molecule has 0 radical (unpaired) electrons. The number of aromatic nitrogens is 2. The monoisotopic (exact) mass is 337 g/mol. The van der Waals surface area contributed by atoms with Crippen LogP contribution in [0.25, 0.3) is 0 Å². The van der Waals surface area contributed by atoms with Crippen molar-refractivity contribution in [1.82, 2.24) is 9.78 Å². The van der Waals surface area contributed by atoms with Crippen molar-refractivity contribution in [3.05, 3.63) is 21.0 Å². The first-order chi connectivity index (χ1) is 9.65. The Morgan fingerprint density at radius 3 is 2.95 bits per heavy atom. The first-order valence-electron chi connectivity index (χ1n) is 7.11. The topological polar surface area (TPSA) is 46.9 Å². The van der Waals surface area contributed by atoms with Crippen LogP contribution < -0.4 is 10.9 Å². The predicted molar refractivity (Wildman–Crippen MR) is 84.7 cm³/mol. The van der Waals surface area contributed by atoms with Gasteiger partial charge in [-0.3, -0.25) is 4.79 Å². The third kappa shape index (κ3) is 3.43. The van der Waals surface area contributed by atoms with E-state index in [1.165, 1.54) is 19.3 Å². The van der Waals surface area contributed by atoms with E-state index in [-0.39, 0.29) is 11.6 Å². The van der Waals surface area contributed by atoms with Crippen LogP contribution >= 0.6 is 15.9 Å². The fourth-order valence-electron chi connectivity index (χ4n) is 2.29. The molecule has 20 heavy (non-hydrogen) atoms. The van der Waals surface area contributed by atoms with E-state index in [4.69, 9.17) is 6.42 Å². The molecule has 1 atom stereocenters. The Labute approximate surface area is 128 Å². The summed E-state index contributed by atoms with van der Waals surface area (Å²) >= 11 is 3.40. The highest BCUT2D eigenvalue weighted by Gasteiger charge is 2.20. The lowest BCUT2D eigenvalue weighted by molar-refractivity contribution is 0.262. The van der Waals surface area contributed by atoms with E-state index in [2.05, 4.69) is 39.2 Å². The maximum atomic E-state index is 12.5. The number of hydrogen-bond acceptors (Lipinski definition) is 3. The fourth-order valence-corrected chi connectivity index (χ4v) is 2.67. The van der Waals surface area contributed by atoms with Gasteiger partial charge in [-0.2, -0.15) is 5.10 Å². The molecule has 4 nitrogen and oxygen atoms in total. The van der Waals surface area contributed by atoms with Gasteiger partial charge in [0.1, 0.15) is 5.69 Å². The molecule has 0 aromatic carbocycles. The number of halogens is 1. The molecule has 0 amide bonds. The molecule has 1 heterocycles. The number of nitrogens with zero attached hydrogens (tertiary/aromatic N) is 2. The van der Waals surface area contributed by atoms with Gasteiger partial charge in [-0.1, -0.05) is 13.3 Å². The Bertz CT molecular complexity index is 557. The molecular weight excluding hydrogens is 318 g/mol. The Morgan fingerprint density at radius 1 is 1.65 bits per heavy atom. The summed E-state index contributed by atoms with van der Waals surface area (Å²) in [6.07, 6.45) is 12.2. The summed E-state index contributed by atoms with van der Waals surface area (Å²) in [6, 6.07) is 0.114. The first-order valence-corrected chi connectivity index (χ1v) is 7.90. The molecule has 0 bridgehead atoms. The third-order valence-electron chi connectivity index (χ3n) is 3.86. The van der Waals surface area contributed by atoms with Crippen molar-refractivity contribution in [3.63, 3.8) is 0 Å². The van der Waals surface area contributed by atoms with Gasteiger partial charge in [-0.15, -0.1) is 12.3 Å². The lowest BCUT2D eigenvalue weighted by Crippen LogP contribution is -2.32. The van der Waals surface area contributed by atoms with Gasteiger partial charge in [-0.05, 0) is 41.1 Å². The van der Waals surface area contributed by atoms with Crippen LogP contribution in [0, 0.1) is 18.3 Å². The summed E-state index contributed by atoms with van der Waals surface area (Å²) in [5, 5.41) is 7.47. The summed E-state index contributed by atoms with van der Waals surface area (Å²) in [4.78, 5) is 12.5. The molecule has 0 aliphatic heterocycles. The maximum absolute atomic E-state index is 12.5. The predicted octanol–water partition coefficient (Wildman–Crippen LogP) is 3.02. The Morgan fingerprint density at radius 2 is 2.40 bits per heavy atom. The molecule has 0 saturated heterocycles. The number of nitrogens with one attached hydrogen (secondary N) is 1. The quantitative estimate of drug-likeness (QED) is 0.811. The Kier molecular flexibility index (Phi) is 5.24. The van der Waals surface area contributed by atoms with Crippen molar-refractivity contribution in [2.24, 2.45) is 5.92 Å². The van der Waals surface area contributed by atoms with Crippen LogP contribution in [0.3, 0.4) is 0 Å². The third-order valence-corrected chi connectivity index (χ3v) is 4.46. The van der Waals surface area contributed by atoms with E-state index >= 15 is 0 Å². The zero-order valence-corrected chi connectivity index (χ0v) is 13.3. The molecule has 1 aromatic rings. The van der Waals surface area contributed by atoms with Crippen LogP contribution in [-0.4, -0.2) is 15.8 Å². The van der Waals surface area contributed by atoms with E-state index in [0.29, 0.717) is 29.0 Å². The van der Waals surface area contributed by atoms with Crippen LogP contribution in [0.2, 0.25) is 0 Å². The van der Waals surface area contributed by atoms with Gasteiger partial charge in [0.2, 0.25) is 0 Å². The second kappa shape index (κ2) is 6.94. The standard InChI is InChI=1S/C15H20BrN3O/c1-3-6-12(4-2)18-14-13(16)9-17-19(15(14)20)10-11-7-5-8-11/h1,9,11-12,18H,4-8,10H2,2H3. The Balaban J connectivity index is 2.20. The highest BCUT2D eigenvalue weighted by atomic mass is 79.9. The van der Waals surface area contributed by atoms with Crippen molar-refractivity contribution in [2.45, 2.75) is 51.6 Å². The van der Waals surface area contributed by atoms with Gasteiger partial charge in [-0.25, -0.2) is 4.68 Å². The molecule has 2 rings (SSSR count). The minimum Gasteiger partial charge on any atom is -0.376 e. The highest BCUT2D eigenvalue weighted by Crippen LogP contribution is 2.27. The summed E-state index contributed by atoms with van der Waals surface area (Å²) in [7, 11) is 0. The molecule has 1 aliphatic carbocycles. The SMILES string of the molecule is C#CCC(CC)Nc1c(Br)cnn(CC2CCC2)c1=O. The lowest BCUT2D eigenvalue weighted by Gasteiger charge is -2.25. The number of hydrogen-bond donors (Lipinski definition) is 1. The summed E-state index contributed by atoms with van der Waals surface area (Å²) in [5.41, 5.74) is 0.503. The molecule has 1 N–H and O–H groups in total. The summed E-state index contributed by atoms with van der Waals surface area (Å²) < 4.78 is 2.27. The minimum absolute atomic E-state index is 0.0678. The molecular formula is C15H20BrN3O. The summed E-state index contributed by atoms with van der Waals surface area (Å²) in [6.45, 7) is 2.77. The van der Waals surface area contributed by atoms with Gasteiger partial charge in [0.15, 0.2) is 0 Å². The highest BCUT2D eigenvalue weighted by molar-refractivity contribution is 9.10. The van der Waals surface area contributed by atoms with Crippen LogP contribution in [-0.2, 0) is 6.54 Å². The maximum Gasteiger partial charge on any atom is 0.291 e. The van der Waals surface area contributed by atoms with Gasteiger partial charge in [0.25, 0.3) is 5.56 Å². The van der Waals surface area contributed by atoms with Crippen molar-refractivity contribution in [3.8, 4) is 12.3 Å². The second-order valence-electron chi connectivity index (χ2n) is 5.31. The normalized spacial score (nSPS) is 16.2. The fraction of sp³-hybridized carbons (Fsp3) is 0.600. The minimum atomic E-state index is -0.0678. The van der Waals surface area contributed by atoms with Gasteiger partial charge in [0, 0.05) is 19.0 Å². The van der Waals surface area contributed by atoms with Crippen LogP contribution in [0.1, 0.15) is 39.0 Å². The van der Waals surface area contributed by atoms with Gasteiger partial charge in [0.05, 0.1) is 10.7 Å². The average molecular weight is 338 g/mol. The molecule has 0 spiro atoms. The van der Waals surface area contributed by atoms with Crippen molar-refractivity contribution < 1.29 is 0 Å². The smallest absolute Gasteiger partial charge is 0.291 e. The number of terminal acetylenes is 1.